The maximum atomic E-state index is 11.9. The highest BCUT2D eigenvalue weighted by Crippen LogP contribution is 2.16. The Balaban J connectivity index is 1.93. The van der Waals surface area contributed by atoms with Gasteiger partial charge in [-0.2, -0.15) is 0 Å². The Morgan fingerprint density at radius 1 is 1.32 bits per heavy atom. The Labute approximate surface area is 132 Å². The van der Waals surface area contributed by atoms with Crippen LogP contribution in [0.25, 0.3) is 0 Å². The summed E-state index contributed by atoms with van der Waals surface area (Å²) in [4.78, 5) is 15.9. The molecule has 0 aliphatic carbocycles. The summed E-state index contributed by atoms with van der Waals surface area (Å²) in [7, 11) is 1.79. The van der Waals surface area contributed by atoms with Crippen LogP contribution in [0.5, 0.6) is 0 Å². The fourth-order valence-electron chi connectivity index (χ4n) is 2.65. The molecule has 0 unspecified atom stereocenters. The van der Waals surface area contributed by atoms with Gasteiger partial charge >= 0.3 is 6.03 Å². The van der Waals surface area contributed by atoms with Gasteiger partial charge in [-0.25, -0.2) is 4.79 Å². The normalized spacial score (nSPS) is 16.5. The molecule has 1 fully saturated rings. The van der Waals surface area contributed by atoms with Crippen LogP contribution in [0.4, 0.5) is 4.79 Å². The third-order valence-electron chi connectivity index (χ3n) is 4.32. The minimum atomic E-state index is -0.143. The average molecular weight is 305 g/mol. The lowest BCUT2D eigenvalue weighted by molar-refractivity contribution is 0.0791. The van der Waals surface area contributed by atoms with Crippen molar-refractivity contribution in [2.75, 3.05) is 26.7 Å². The van der Waals surface area contributed by atoms with Crippen LogP contribution in [0, 0.1) is 0 Å². The highest BCUT2D eigenvalue weighted by Gasteiger charge is 2.18. The average Bonchev–Trinajstić information content (AvgIpc) is 2.55. The molecule has 1 aliphatic rings. The number of carbonyl (C=O) groups excluding carboxylic acids is 1. The van der Waals surface area contributed by atoms with Crippen molar-refractivity contribution < 1.29 is 9.90 Å². The van der Waals surface area contributed by atoms with Gasteiger partial charge in [0.15, 0.2) is 0 Å². The first-order chi connectivity index (χ1) is 10.6. The Kier molecular flexibility index (Phi) is 6.21. The van der Waals surface area contributed by atoms with Crippen LogP contribution in [0.2, 0.25) is 0 Å². The van der Waals surface area contributed by atoms with E-state index in [1.165, 1.54) is 5.56 Å². The van der Waals surface area contributed by atoms with Crippen molar-refractivity contribution in [2.24, 2.45) is 0 Å². The van der Waals surface area contributed by atoms with E-state index in [-0.39, 0.29) is 12.1 Å². The van der Waals surface area contributed by atoms with Gasteiger partial charge in [0, 0.05) is 39.8 Å². The first-order valence-electron chi connectivity index (χ1n) is 8.06. The largest absolute Gasteiger partial charge is 0.393 e. The quantitative estimate of drug-likeness (QED) is 0.872. The molecule has 5 nitrogen and oxygen atoms in total. The second-order valence-corrected chi connectivity index (χ2v) is 5.95. The van der Waals surface area contributed by atoms with E-state index >= 15 is 0 Å². The summed E-state index contributed by atoms with van der Waals surface area (Å²) in [5.41, 5.74) is 2.41. The van der Waals surface area contributed by atoms with Crippen LogP contribution in [0.3, 0.4) is 0 Å². The molecule has 5 heteroatoms. The number of urea groups is 1. The summed E-state index contributed by atoms with van der Waals surface area (Å²) in [5.74, 6) is 0. The van der Waals surface area contributed by atoms with Gasteiger partial charge in [-0.1, -0.05) is 24.3 Å². The van der Waals surface area contributed by atoms with Crippen LogP contribution < -0.4 is 5.32 Å². The van der Waals surface area contributed by atoms with E-state index in [0.717, 1.165) is 38.0 Å². The number of amides is 2. The zero-order valence-corrected chi connectivity index (χ0v) is 13.6. The second-order valence-electron chi connectivity index (χ2n) is 5.95. The Bertz CT molecular complexity index is 485. The molecule has 0 bridgehead atoms. The zero-order valence-electron chi connectivity index (χ0n) is 13.6. The smallest absolute Gasteiger partial charge is 0.317 e. The molecule has 0 radical (unpaired) electrons. The number of hydrogen-bond acceptors (Lipinski definition) is 3. The van der Waals surface area contributed by atoms with E-state index < -0.39 is 0 Å². The molecule has 22 heavy (non-hydrogen) atoms. The summed E-state index contributed by atoms with van der Waals surface area (Å²) in [6.07, 6.45) is 1.55. The fraction of sp³-hybridized carbons (Fsp3) is 0.588. The van der Waals surface area contributed by atoms with Crippen LogP contribution in [0.15, 0.2) is 24.3 Å². The third-order valence-corrected chi connectivity index (χ3v) is 4.32. The summed E-state index contributed by atoms with van der Waals surface area (Å²) in [5, 5.41) is 12.6. The van der Waals surface area contributed by atoms with Crippen LogP contribution in [0.1, 0.15) is 30.9 Å². The molecule has 122 valence electrons. The van der Waals surface area contributed by atoms with Crippen molar-refractivity contribution in [2.45, 2.75) is 39.0 Å². The van der Waals surface area contributed by atoms with Crippen molar-refractivity contribution in [3.63, 3.8) is 0 Å². The van der Waals surface area contributed by atoms with E-state index in [9.17, 15) is 9.90 Å². The van der Waals surface area contributed by atoms with Crippen LogP contribution in [-0.4, -0.2) is 53.7 Å². The number of likely N-dealkylation sites (tertiary alicyclic amines) is 1. The van der Waals surface area contributed by atoms with Crippen molar-refractivity contribution in [3.05, 3.63) is 35.4 Å². The number of nitrogens with zero attached hydrogens (tertiary/aromatic N) is 2. The van der Waals surface area contributed by atoms with Gasteiger partial charge < -0.3 is 15.3 Å². The van der Waals surface area contributed by atoms with E-state index in [1.54, 1.807) is 11.9 Å². The predicted molar refractivity (Wildman–Crippen MR) is 87.5 cm³/mol. The summed E-state index contributed by atoms with van der Waals surface area (Å²) >= 11 is 0. The van der Waals surface area contributed by atoms with E-state index in [2.05, 4.69) is 22.3 Å². The first-order valence-corrected chi connectivity index (χ1v) is 8.06. The first kappa shape index (κ1) is 16.8. The number of carbonyl (C=O) groups is 1. The molecule has 2 amide bonds. The second kappa shape index (κ2) is 8.15. The molecular formula is C17H27N3O2. The van der Waals surface area contributed by atoms with Gasteiger partial charge in [0.05, 0.1) is 6.10 Å². The molecule has 1 saturated heterocycles. The molecule has 1 aromatic rings. The number of aliphatic hydroxyl groups excluding tert-OH is 1. The summed E-state index contributed by atoms with van der Waals surface area (Å²) in [6.45, 7) is 5.95. The molecule has 0 saturated carbocycles. The summed E-state index contributed by atoms with van der Waals surface area (Å²) < 4.78 is 0. The lowest BCUT2D eigenvalue weighted by atomic mass is 10.0. The number of rotatable bonds is 5. The predicted octanol–water partition coefficient (Wildman–Crippen LogP) is 1.80. The van der Waals surface area contributed by atoms with Crippen LogP contribution >= 0.6 is 0 Å². The fourth-order valence-corrected chi connectivity index (χ4v) is 2.65. The van der Waals surface area contributed by atoms with Crippen molar-refractivity contribution in [3.8, 4) is 0 Å². The van der Waals surface area contributed by atoms with Gasteiger partial charge in [0.1, 0.15) is 0 Å². The Morgan fingerprint density at radius 2 is 1.95 bits per heavy atom. The molecular weight excluding hydrogens is 278 g/mol. The Morgan fingerprint density at radius 3 is 2.59 bits per heavy atom. The van der Waals surface area contributed by atoms with Crippen LogP contribution in [-0.2, 0) is 13.1 Å². The monoisotopic (exact) mass is 305 g/mol. The standard InChI is InChI=1S/C17H27N3O2/c1-3-19(2)17(22)18-12-14-6-4-5-7-15(14)13-20-10-8-16(21)9-11-20/h4-7,16,21H,3,8-13H2,1-2H3,(H,18,22). The lowest BCUT2D eigenvalue weighted by Crippen LogP contribution is -2.37. The van der Waals surface area contributed by atoms with E-state index in [4.69, 9.17) is 0 Å². The third kappa shape index (κ3) is 4.71. The van der Waals surface area contributed by atoms with Gasteiger partial charge in [0.2, 0.25) is 0 Å². The number of hydrogen-bond donors (Lipinski definition) is 2. The number of benzene rings is 1. The molecule has 0 aromatic heterocycles. The minimum Gasteiger partial charge on any atom is -0.393 e. The van der Waals surface area contributed by atoms with E-state index in [0.29, 0.717) is 13.1 Å². The molecule has 0 atom stereocenters. The maximum Gasteiger partial charge on any atom is 0.317 e. The zero-order chi connectivity index (χ0) is 15.9. The van der Waals surface area contributed by atoms with Gasteiger partial charge in [-0.3, -0.25) is 4.90 Å². The van der Waals surface area contributed by atoms with Gasteiger partial charge in [-0.05, 0) is 30.9 Å². The molecule has 1 aliphatic heterocycles. The number of piperidine rings is 1. The van der Waals surface area contributed by atoms with Gasteiger partial charge in [0.25, 0.3) is 0 Å². The van der Waals surface area contributed by atoms with Crippen molar-refractivity contribution in [1.82, 2.24) is 15.1 Å². The number of nitrogens with one attached hydrogen (secondary N) is 1. The summed E-state index contributed by atoms with van der Waals surface area (Å²) in [6, 6.07) is 8.20. The highest BCUT2D eigenvalue weighted by molar-refractivity contribution is 5.73. The minimum absolute atomic E-state index is 0.0432. The molecule has 0 spiro atoms. The molecule has 2 rings (SSSR count). The molecule has 1 aromatic carbocycles. The lowest BCUT2D eigenvalue weighted by Gasteiger charge is -2.30. The van der Waals surface area contributed by atoms with Crippen molar-refractivity contribution >= 4 is 6.03 Å². The van der Waals surface area contributed by atoms with E-state index in [1.807, 2.05) is 19.1 Å². The molecule has 2 N–H and O–H groups in total. The Hall–Kier alpha value is -1.59. The SMILES string of the molecule is CCN(C)C(=O)NCc1ccccc1CN1CCC(O)CC1. The topological polar surface area (TPSA) is 55.8 Å². The maximum absolute atomic E-state index is 11.9. The molecule has 1 heterocycles. The highest BCUT2D eigenvalue weighted by atomic mass is 16.3. The number of aliphatic hydroxyl groups is 1. The van der Waals surface area contributed by atoms with Gasteiger partial charge in [-0.15, -0.1) is 0 Å². The van der Waals surface area contributed by atoms with Crippen molar-refractivity contribution in [1.29, 1.82) is 0 Å².